The third-order valence-corrected chi connectivity index (χ3v) is 2.77. The Kier molecular flexibility index (Phi) is 5.10. The number of nitrogens with two attached hydrogens (primary N) is 1. The highest BCUT2D eigenvalue weighted by molar-refractivity contribution is 5.94. The van der Waals surface area contributed by atoms with Crippen LogP contribution in [0, 0.1) is 12.8 Å². The lowest BCUT2D eigenvalue weighted by molar-refractivity contribution is 0.0923. The van der Waals surface area contributed by atoms with Gasteiger partial charge < -0.3 is 11.1 Å². The quantitative estimate of drug-likeness (QED) is 0.812. The average Bonchev–Trinajstić information content (AvgIpc) is 2.29. The van der Waals surface area contributed by atoms with Gasteiger partial charge in [-0.15, -0.1) is 0 Å². The fourth-order valence-corrected chi connectivity index (χ4v) is 1.61. The Labute approximate surface area is 103 Å². The molecule has 0 saturated heterocycles. The molecule has 3 N–H and O–H groups in total. The van der Waals surface area contributed by atoms with E-state index < -0.39 is 0 Å². The van der Waals surface area contributed by atoms with Gasteiger partial charge in [0.05, 0.1) is 5.56 Å². The van der Waals surface area contributed by atoms with Crippen molar-refractivity contribution < 1.29 is 4.79 Å². The summed E-state index contributed by atoms with van der Waals surface area (Å²) < 4.78 is 0. The van der Waals surface area contributed by atoms with Gasteiger partial charge in [0.25, 0.3) is 5.91 Å². The highest BCUT2D eigenvalue weighted by Gasteiger charge is 2.16. The molecule has 0 bridgehead atoms. The lowest BCUT2D eigenvalue weighted by atomic mass is 10.0. The standard InChI is InChI=1S/C13H21N3O/c1-9(2)12(6-7-14)16-13(17)11-5-4-10(3)15-8-11/h4-5,8-9,12H,6-7,14H2,1-3H3,(H,16,17). The highest BCUT2D eigenvalue weighted by Crippen LogP contribution is 2.07. The minimum Gasteiger partial charge on any atom is -0.349 e. The second-order valence-corrected chi connectivity index (χ2v) is 4.59. The maximum Gasteiger partial charge on any atom is 0.253 e. The van der Waals surface area contributed by atoms with Crippen LogP contribution < -0.4 is 11.1 Å². The van der Waals surface area contributed by atoms with Crippen molar-refractivity contribution in [1.29, 1.82) is 0 Å². The fraction of sp³-hybridized carbons (Fsp3) is 0.538. The normalized spacial score (nSPS) is 12.5. The second kappa shape index (κ2) is 6.35. The van der Waals surface area contributed by atoms with Crippen LogP contribution >= 0.6 is 0 Å². The van der Waals surface area contributed by atoms with Crippen LogP contribution in [0.25, 0.3) is 0 Å². The highest BCUT2D eigenvalue weighted by atomic mass is 16.1. The summed E-state index contributed by atoms with van der Waals surface area (Å²) in [6.45, 7) is 6.63. The van der Waals surface area contributed by atoms with Gasteiger partial charge in [-0.2, -0.15) is 0 Å². The number of carbonyl (C=O) groups excluding carboxylic acids is 1. The van der Waals surface area contributed by atoms with E-state index in [1.165, 1.54) is 0 Å². The number of hydrogen-bond acceptors (Lipinski definition) is 3. The van der Waals surface area contributed by atoms with Crippen LogP contribution in [0.1, 0.15) is 36.3 Å². The molecule has 17 heavy (non-hydrogen) atoms. The van der Waals surface area contributed by atoms with E-state index in [1.807, 2.05) is 13.0 Å². The minimum absolute atomic E-state index is 0.0790. The molecule has 0 spiro atoms. The lowest BCUT2D eigenvalue weighted by Gasteiger charge is -2.21. The molecule has 1 aromatic heterocycles. The van der Waals surface area contributed by atoms with Gasteiger partial charge in [0.15, 0.2) is 0 Å². The first kappa shape index (κ1) is 13.6. The van der Waals surface area contributed by atoms with E-state index in [0.29, 0.717) is 18.0 Å². The van der Waals surface area contributed by atoms with Crippen molar-refractivity contribution in [3.05, 3.63) is 29.6 Å². The van der Waals surface area contributed by atoms with E-state index in [0.717, 1.165) is 12.1 Å². The van der Waals surface area contributed by atoms with Crippen molar-refractivity contribution in [1.82, 2.24) is 10.3 Å². The van der Waals surface area contributed by atoms with Gasteiger partial charge in [-0.3, -0.25) is 9.78 Å². The Balaban J connectivity index is 2.66. The first-order valence-electron chi connectivity index (χ1n) is 5.98. The van der Waals surface area contributed by atoms with Crippen molar-refractivity contribution in [2.75, 3.05) is 6.54 Å². The molecule has 0 radical (unpaired) electrons. The van der Waals surface area contributed by atoms with Crippen molar-refractivity contribution in [3.63, 3.8) is 0 Å². The van der Waals surface area contributed by atoms with E-state index in [4.69, 9.17) is 5.73 Å². The number of amides is 1. The molecule has 0 aliphatic heterocycles. The molecular formula is C13H21N3O. The molecule has 1 aromatic rings. The van der Waals surface area contributed by atoms with Crippen LogP contribution in [0.5, 0.6) is 0 Å². The number of carbonyl (C=O) groups is 1. The van der Waals surface area contributed by atoms with Crippen molar-refractivity contribution in [2.45, 2.75) is 33.2 Å². The van der Waals surface area contributed by atoms with Gasteiger partial charge >= 0.3 is 0 Å². The molecule has 4 heteroatoms. The molecule has 94 valence electrons. The van der Waals surface area contributed by atoms with Crippen LogP contribution in [0.3, 0.4) is 0 Å². The number of aryl methyl sites for hydroxylation is 1. The number of hydrogen-bond donors (Lipinski definition) is 2. The van der Waals surface area contributed by atoms with Crippen molar-refractivity contribution >= 4 is 5.91 Å². The van der Waals surface area contributed by atoms with E-state index >= 15 is 0 Å². The number of nitrogens with one attached hydrogen (secondary N) is 1. The summed E-state index contributed by atoms with van der Waals surface area (Å²) in [5, 5.41) is 2.99. The first-order valence-corrected chi connectivity index (χ1v) is 5.98. The molecular weight excluding hydrogens is 214 g/mol. The smallest absolute Gasteiger partial charge is 0.253 e. The van der Waals surface area contributed by atoms with Gasteiger partial charge in [-0.1, -0.05) is 13.8 Å². The van der Waals surface area contributed by atoms with Crippen LogP contribution in [-0.4, -0.2) is 23.5 Å². The third-order valence-electron chi connectivity index (χ3n) is 2.77. The molecule has 1 rings (SSSR count). The van der Waals surface area contributed by atoms with Gasteiger partial charge in [-0.05, 0) is 37.9 Å². The molecule has 1 amide bonds. The zero-order valence-electron chi connectivity index (χ0n) is 10.7. The Hall–Kier alpha value is -1.42. The first-order chi connectivity index (χ1) is 8.04. The lowest BCUT2D eigenvalue weighted by Crippen LogP contribution is -2.39. The van der Waals surface area contributed by atoms with Crippen LogP contribution in [0.15, 0.2) is 18.3 Å². The number of pyridine rings is 1. The Morgan fingerprint density at radius 3 is 2.65 bits per heavy atom. The van der Waals surface area contributed by atoms with Crippen LogP contribution in [-0.2, 0) is 0 Å². The summed E-state index contributed by atoms with van der Waals surface area (Å²) in [5.74, 6) is 0.297. The SMILES string of the molecule is Cc1ccc(C(=O)NC(CCN)C(C)C)cn1. The topological polar surface area (TPSA) is 68.0 Å². The molecule has 0 aromatic carbocycles. The maximum absolute atomic E-state index is 12.0. The summed E-state index contributed by atoms with van der Waals surface area (Å²) in [6, 6.07) is 3.74. The summed E-state index contributed by atoms with van der Waals surface area (Å²) >= 11 is 0. The van der Waals surface area contributed by atoms with E-state index in [2.05, 4.69) is 24.1 Å². The zero-order chi connectivity index (χ0) is 12.8. The monoisotopic (exact) mass is 235 g/mol. The minimum atomic E-state index is -0.0790. The molecule has 1 atom stereocenters. The predicted octanol–water partition coefficient (Wildman–Crippen LogP) is 1.49. The Morgan fingerprint density at radius 2 is 2.18 bits per heavy atom. The molecule has 0 saturated carbocycles. The second-order valence-electron chi connectivity index (χ2n) is 4.59. The van der Waals surface area contributed by atoms with Gasteiger partial charge in [-0.25, -0.2) is 0 Å². The van der Waals surface area contributed by atoms with Gasteiger partial charge in [0.1, 0.15) is 0 Å². The fourth-order valence-electron chi connectivity index (χ4n) is 1.61. The molecule has 4 nitrogen and oxygen atoms in total. The molecule has 0 aliphatic rings. The van der Waals surface area contributed by atoms with Crippen molar-refractivity contribution in [2.24, 2.45) is 11.7 Å². The molecule has 0 fully saturated rings. The van der Waals surface area contributed by atoms with Crippen LogP contribution in [0.2, 0.25) is 0 Å². The Morgan fingerprint density at radius 1 is 1.47 bits per heavy atom. The van der Waals surface area contributed by atoms with Gasteiger partial charge in [0.2, 0.25) is 0 Å². The summed E-state index contributed by atoms with van der Waals surface area (Å²) in [7, 11) is 0. The molecule has 1 unspecified atom stereocenters. The largest absolute Gasteiger partial charge is 0.349 e. The summed E-state index contributed by atoms with van der Waals surface area (Å²) in [4.78, 5) is 16.1. The van der Waals surface area contributed by atoms with E-state index in [1.54, 1.807) is 12.3 Å². The number of aromatic nitrogens is 1. The Bertz CT molecular complexity index is 359. The van der Waals surface area contributed by atoms with Crippen LogP contribution in [0.4, 0.5) is 0 Å². The van der Waals surface area contributed by atoms with Crippen molar-refractivity contribution in [3.8, 4) is 0 Å². The zero-order valence-corrected chi connectivity index (χ0v) is 10.7. The number of nitrogens with zero attached hydrogens (tertiary/aromatic N) is 1. The number of rotatable bonds is 5. The maximum atomic E-state index is 12.0. The van der Waals surface area contributed by atoms with Gasteiger partial charge in [0, 0.05) is 17.9 Å². The molecule has 1 heterocycles. The predicted molar refractivity (Wildman–Crippen MR) is 68.7 cm³/mol. The summed E-state index contributed by atoms with van der Waals surface area (Å²) in [5.41, 5.74) is 7.04. The summed E-state index contributed by atoms with van der Waals surface area (Å²) in [6.07, 6.45) is 2.40. The molecule has 0 aliphatic carbocycles. The van der Waals surface area contributed by atoms with E-state index in [-0.39, 0.29) is 11.9 Å². The van der Waals surface area contributed by atoms with E-state index in [9.17, 15) is 4.79 Å². The average molecular weight is 235 g/mol. The third kappa shape index (κ3) is 4.15.